The molecule has 5 heteroatoms. The first-order chi connectivity index (χ1) is 8.65. The van der Waals surface area contributed by atoms with Gasteiger partial charge in [0.25, 0.3) is 0 Å². The number of rotatable bonds is 4. The highest BCUT2D eigenvalue weighted by atomic mass is 79.9. The fraction of sp³-hybridized carbons (Fsp3) is 0.692. The molecule has 4 nitrogen and oxygen atoms in total. The molecule has 1 heterocycles. The lowest BCUT2D eigenvalue weighted by atomic mass is 9.95. The molecule has 0 spiro atoms. The predicted molar refractivity (Wildman–Crippen MR) is 74.1 cm³/mol. The van der Waals surface area contributed by atoms with Gasteiger partial charge in [-0.15, -0.1) is 0 Å². The van der Waals surface area contributed by atoms with Gasteiger partial charge in [0.15, 0.2) is 0 Å². The van der Waals surface area contributed by atoms with Gasteiger partial charge in [0, 0.05) is 12.2 Å². The average Bonchev–Trinajstić information content (AvgIpc) is 2.76. The van der Waals surface area contributed by atoms with Crippen LogP contribution in [0.3, 0.4) is 0 Å². The number of halogens is 1. The van der Waals surface area contributed by atoms with Gasteiger partial charge in [0.05, 0.1) is 23.1 Å². The highest BCUT2D eigenvalue weighted by molar-refractivity contribution is 9.10. The zero-order chi connectivity index (χ0) is 13.0. The number of nitrogens with one attached hydrogen (secondary N) is 1. The van der Waals surface area contributed by atoms with Crippen molar-refractivity contribution in [2.75, 3.05) is 0 Å². The Labute approximate surface area is 116 Å². The number of hydrogen-bond acceptors (Lipinski definition) is 2. The Hall–Kier alpha value is -0.840. The maximum absolute atomic E-state index is 12.1. The van der Waals surface area contributed by atoms with Gasteiger partial charge in [-0.3, -0.25) is 9.48 Å². The first-order valence-corrected chi connectivity index (χ1v) is 7.43. The predicted octanol–water partition coefficient (Wildman–Crippen LogP) is 2.73. The lowest BCUT2D eigenvalue weighted by molar-refractivity contribution is -0.125. The molecule has 0 radical (unpaired) electrons. The lowest BCUT2D eigenvalue weighted by Crippen LogP contribution is -2.40. The summed E-state index contributed by atoms with van der Waals surface area (Å²) in [5.41, 5.74) is 0. The molecule has 1 amide bonds. The second-order valence-electron chi connectivity index (χ2n) is 5.13. The normalized spacial score (nSPS) is 18.6. The summed E-state index contributed by atoms with van der Waals surface area (Å²) in [7, 11) is 0. The van der Waals surface area contributed by atoms with Gasteiger partial charge in [-0.1, -0.05) is 26.2 Å². The monoisotopic (exact) mass is 313 g/mol. The van der Waals surface area contributed by atoms with Crippen molar-refractivity contribution in [1.29, 1.82) is 0 Å². The molecule has 0 aliphatic heterocycles. The zero-order valence-electron chi connectivity index (χ0n) is 10.7. The third-order valence-corrected chi connectivity index (χ3v) is 3.87. The van der Waals surface area contributed by atoms with Crippen LogP contribution >= 0.6 is 15.9 Å². The molecule has 0 aromatic carbocycles. The van der Waals surface area contributed by atoms with E-state index in [1.807, 2.05) is 13.1 Å². The van der Waals surface area contributed by atoms with Crippen molar-refractivity contribution in [2.24, 2.45) is 5.92 Å². The maximum Gasteiger partial charge on any atom is 0.224 e. The molecule has 1 N–H and O–H groups in total. The number of carbonyl (C=O) groups is 1. The summed E-state index contributed by atoms with van der Waals surface area (Å²) < 4.78 is 2.75. The van der Waals surface area contributed by atoms with Gasteiger partial charge in [-0.2, -0.15) is 5.10 Å². The highest BCUT2D eigenvalue weighted by Gasteiger charge is 2.19. The standard InChI is InChI=1S/C13H20BrN3O/c1-10(8-17-9-11(14)7-15-17)13(18)16-12-5-3-2-4-6-12/h7,9-10,12H,2-6,8H2,1H3,(H,16,18)/t10-/m0/s1. The molecule has 1 aromatic rings. The molecule has 1 atom stereocenters. The van der Waals surface area contributed by atoms with Crippen molar-refractivity contribution < 1.29 is 4.79 Å². The lowest BCUT2D eigenvalue weighted by Gasteiger charge is -2.24. The Morgan fingerprint density at radius 3 is 2.89 bits per heavy atom. The Morgan fingerprint density at radius 1 is 1.56 bits per heavy atom. The van der Waals surface area contributed by atoms with Crippen LogP contribution in [0.15, 0.2) is 16.9 Å². The van der Waals surface area contributed by atoms with Crippen LogP contribution in [0.2, 0.25) is 0 Å². The van der Waals surface area contributed by atoms with Gasteiger partial charge < -0.3 is 5.32 Å². The minimum atomic E-state index is -0.0428. The highest BCUT2D eigenvalue weighted by Crippen LogP contribution is 2.18. The molecule has 1 aromatic heterocycles. The third kappa shape index (κ3) is 3.83. The second-order valence-corrected chi connectivity index (χ2v) is 6.04. The first kappa shape index (κ1) is 13.6. The van der Waals surface area contributed by atoms with Crippen molar-refractivity contribution in [3.8, 4) is 0 Å². The van der Waals surface area contributed by atoms with E-state index in [4.69, 9.17) is 0 Å². The van der Waals surface area contributed by atoms with Crippen LogP contribution in [0.1, 0.15) is 39.0 Å². The SMILES string of the molecule is C[C@@H](Cn1cc(Br)cn1)C(=O)NC1CCCCC1. The second kappa shape index (κ2) is 6.36. The number of amides is 1. The van der Waals surface area contributed by atoms with E-state index in [2.05, 4.69) is 26.3 Å². The van der Waals surface area contributed by atoms with E-state index in [9.17, 15) is 4.79 Å². The molecule has 0 saturated heterocycles. The van der Waals surface area contributed by atoms with Gasteiger partial charge in [-0.25, -0.2) is 0 Å². The van der Waals surface area contributed by atoms with E-state index in [1.165, 1.54) is 19.3 Å². The topological polar surface area (TPSA) is 46.9 Å². The van der Waals surface area contributed by atoms with E-state index < -0.39 is 0 Å². The van der Waals surface area contributed by atoms with Crippen LogP contribution in [0.25, 0.3) is 0 Å². The number of hydrogen-bond donors (Lipinski definition) is 1. The summed E-state index contributed by atoms with van der Waals surface area (Å²) >= 11 is 3.35. The van der Waals surface area contributed by atoms with Crippen molar-refractivity contribution in [3.05, 3.63) is 16.9 Å². The van der Waals surface area contributed by atoms with E-state index in [-0.39, 0.29) is 11.8 Å². The Kier molecular flexibility index (Phi) is 4.80. The molecule has 1 aliphatic rings. The van der Waals surface area contributed by atoms with Crippen molar-refractivity contribution in [2.45, 2.75) is 51.6 Å². The molecule has 0 unspecified atom stereocenters. The Balaban J connectivity index is 1.80. The number of aromatic nitrogens is 2. The summed E-state index contributed by atoms with van der Waals surface area (Å²) in [6.45, 7) is 2.58. The van der Waals surface area contributed by atoms with Crippen LogP contribution in [-0.4, -0.2) is 21.7 Å². The zero-order valence-corrected chi connectivity index (χ0v) is 12.3. The van der Waals surface area contributed by atoms with Crippen LogP contribution < -0.4 is 5.32 Å². The minimum absolute atomic E-state index is 0.0428. The Bertz CT molecular complexity index is 399. The van der Waals surface area contributed by atoms with Gasteiger partial charge in [0.1, 0.15) is 0 Å². The molecular weight excluding hydrogens is 294 g/mol. The summed E-state index contributed by atoms with van der Waals surface area (Å²) in [4.78, 5) is 12.1. The first-order valence-electron chi connectivity index (χ1n) is 6.63. The number of nitrogens with zero attached hydrogens (tertiary/aromatic N) is 2. The van der Waals surface area contributed by atoms with E-state index in [0.29, 0.717) is 12.6 Å². The molecular formula is C13H20BrN3O. The van der Waals surface area contributed by atoms with Gasteiger partial charge >= 0.3 is 0 Å². The molecule has 1 saturated carbocycles. The van der Waals surface area contributed by atoms with Crippen molar-refractivity contribution in [1.82, 2.24) is 15.1 Å². The summed E-state index contributed by atoms with van der Waals surface area (Å²) in [6, 6.07) is 0.387. The molecule has 100 valence electrons. The molecule has 18 heavy (non-hydrogen) atoms. The van der Waals surface area contributed by atoms with Gasteiger partial charge in [0.2, 0.25) is 5.91 Å². The number of carbonyl (C=O) groups excluding carboxylic acids is 1. The van der Waals surface area contributed by atoms with E-state index in [0.717, 1.165) is 17.3 Å². The summed E-state index contributed by atoms with van der Waals surface area (Å²) in [5.74, 6) is 0.104. The summed E-state index contributed by atoms with van der Waals surface area (Å²) in [6.07, 6.45) is 9.69. The maximum atomic E-state index is 12.1. The summed E-state index contributed by atoms with van der Waals surface area (Å²) in [5, 5.41) is 7.33. The third-order valence-electron chi connectivity index (χ3n) is 3.46. The van der Waals surface area contributed by atoms with E-state index in [1.54, 1.807) is 10.9 Å². The van der Waals surface area contributed by atoms with Crippen LogP contribution in [-0.2, 0) is 11.3 Å². The molecule has 1 aliphatic carbocycles. The largest absolute Gasteiger partial charge is 0.353 e. The van der Waals surface area contributed by atoms with Crippen LogP contribution in [0.4, 0.5) is 0 Å². The molecule has 2 rings (SSSR count). The minimum Gasteiger partial charge on any atom is -0.353 e. The molecule has 0 bridgehead atoms. The van der Waals surface area contributed by atoms with Crippen LogP contribution in [0, 0.1) is 5.92 Å². The van der Waals surface area contributed by atoms with E-state index >= 15 is 0 Å². The van der Waals surface area contributed by atoms with Gasteiger partial charge in [-0.05, 0) is 28.8 Å². The fourth-order valence-electron chi connectivity index (χ4n) is 2.39. The fourth-order valence-corrected chi connectivity index (χ4v) is 2.72. The quantitative estimate of drug-likeness (QED) is 0.929. The van der Waals surface area contributed by atoms with Crippen LogP contribution in [0.5, 0.6) is 0 Å². The Morgan fingerprint density at radius 2 is 2.28 bits per heavy atom. The van der Waals surface area contributed by atoms with Crippen molar-refractivity contribution in [3.63, 3.8) is 0 Å². The van der Waals surface area contributed by atoms with Crippen molar-refractivity contribution >= 4 is 21.8 Å². The smallest absolute Gasteiger partial charge is 0.224 e. The molecule has 1 fully saturated rings. The average molecular weight is 314 g/mol.